The average Bonchev–Trinajstić information content (AvgIpc) is 2.39. The van der Waals surface area contributed by atoms with Crippen LogP contribution in [0.4, 0.5) is 0 Å². The lowest BCUT2D eigenvalue weighted by molar-refractivity contribution is 0.0759. The highest BCUT2D eigenvalue weighted by Gasteiger charge is 2.18. The molecular weight excluding hydrogens is 250 g/mol. The molecule has 0 unspecified atom stereocenters. The Morgan fingerprint density at radius 1 is 1.39 bits per heavy atom. The van der Waals surface area contributed by atoms with Crippen LogP contribution in [0, 0.1) is 0 Å². The Balaban J connectivity index is 2.96. The molecule has 0 radical (unpaired) electrons. The Labute approximate surface area is 114 Å². The van der Waals surface area contributed by atoms with Gasteiger partial charge in [-0.25, -0.2) is 0 Å². The Morgan fingerprint density at radius 3 is 2.67 bits per heavy atom. The van der Waals surface area contributed by atoms with Crippen LogP contribution in [-0.4, -0.2) is 31.0 Å². The van der Waals surface area contributed by atoms with Gasteiger partial charge in [-0.3, -0.25) is 4.79 Å². The van der Waals surface area contributed by atoms with Gasteiger partial charge in [0.25, 0.3) is 5.91 Å². The third-order valence-corrected chi connectivity index (χ3v) is 3.08. The Bertz CT molecular complexity index is 407. The molecule has 0 heterocycles. The van der Waals surface area contributed by atoms with Gasteiger partial charge in [0.2, 0.25) is 0 Å². The summed E-state index contributed by atoms with van der Waals surface area (Å²) in [5.74, 6) is 0.546. The van der Waals surface area contributed by atoms with Gasteiger partial charge >= 0.3 is 0 Å². The topological polar surface area (TPSA) is 29.5 Å². The van der Waals surface area contributed by atoms with Crippen LogP contribution in [-0.2, 0) is 0 Å². The van der Waals surface area contributed by atoms with Crippen LogP contribution >= 0.6 is 11.6 Å². The van der Waals surface area contributed by atoms with Crippen molar-refractivity contribution in [1.29, 1.82) is 0 Å². The Kier molecular flexibility index (Phi) is 5.99. The van der Waals surface area contributed by atoms with Crippen molar-refractivity contribution in [3.05, 3.63) is 28.8 Å². The SMILES string of the molecule is CCCCN(CC)C(=O)c1cc(Cl)ccc1OC. The van der Waals surface area contributed by atoms with E-state index in [1.807, 2.05) is 11.8 Å². The molecule has 0 N–H and O–H groups in total. The van der Waals surface area contributed by atoms with Crippen LogP contribution in [0.1, 0.15) is 37.0 Å². The minimum absolute atomic E-state index is 0.0229. The number of nitrogens with zero attached hydrogens (tertiary/aromatic N) is 1. The van der Waals surface area contributed by atoms with E-state index in [9.17, 15) is 4.79 Å². The standard InChI is InChI=1S/C14H20ClNO2/c1-4-6-9-16(5-2)14(17)12-10-11(15)7-8-13(12)18-3/h7-8,10H,4-6,9H2,1-3H3. The van der Waals surface area contributed by atoms with E-state index in [-0.39, 0.29) is 5.91 Å². The van der Waals surface area contributed by atoms with E-state index in [1.165, 1.54) is 0 Å². The number of unbranched alkanes of at least 4 members (excludes halogenated alkanes) is 1. The molecule has 1 rings (SSSR count). The zero-order valence-corrected chi connectivity index (χ0v) is 12.0. The third-order valence-electron chi connectivity index (χ3n) is 2.84. The molecule has 0 bridgehead atoms. The number of hydrogen-bond donors (Lipinski definition) is 0. The summed E-state index contributed by atoms with van der Waals surface area (Å²) in [6.45, 7) is 5.54. The minimum atomic E-state index is -0.0229. The lowest BCUT2D eigenvalue weighted by Gasteiger charge is -2.21. The monoisotopic (exact) mass is 269 g/mol. The van der Waals surface area contributed by atoms with Crippen LogP contribution in [0.3, 0.4) is 0 Å². The second-order valence-corrected chi connectivity index (χ2v) is 4.52. The maximum absolute atomic E-state index is 12.4. The normalized spacial score (nSPS) is 10.2. The first kappa shape index (κ1) is 14.8. The molecular formula is C14H20ClNO2. The first-order chi connectivity index (χ1) is 8.63. The van der Waals surface area contributed by atoms with Gasteiger partial charge in [0.1, 0.15) is 5.75 Å². The number of carbonyl (C=O) groups is 1. The zero-order valence-electron chi connectivity index (χ0n) is 11.2. The van der Waals surface area contributed by atoms with Crippen molar-refractivity contribution >= 4 is 17.5 Å². The van der Waals surface area contributed by atoms with Gasteiger partial charge in [0, 0.05) is 18.1 Å². The molecule has 0 saturated carbocycles. The fraction of sp³-hybridized carbons (Fsp3) is 0.500. The quantitative estimate of drug-likeness (QED) is 0.790. The van der Waals surface area contributed by atoms with E-state index >= 15 is 0 Å². The average molecular weight is 270 g/mol. The Hall–Kier alpha value is -1.22. The molecule has 0 aliphatic heterocycles. The zero-order chi connectivity index (χ0) is 13.5. The smallest absolute Gasteiger partial charge is 0.257 e. The van der Waals surface area contributed by atoms with Crippen LogP contribution in [0.2, 0.25) is 5.02 Å². The summed E-state index contributed by atoms with van der Waals surface area (Å²) >= 11 is 5.94. The molecule has 100 valence electrons. The summed E-state index contributed by atoms with van der Waals surface area (Å²) in [5, 5.41) is 0.547. The number of benzene rings is 1. The fourth-order valence-corrected chi connectivity index (χ4v) is 1.94. The highest BCUT2D eigenvalue weighted by molar-refractivity contribution is 6.31. The van der Waals surface area contributed by atoms with Gasteiger partial charge in [-0.2, -0.15) is 0 Å². The Morgan fingerprint density at radius 2 is 2.11 bits per heavy atom. The molecule has 3 nitrogen and oxygen atoms in total. The lowest BCUT2D eigenvalue weighted by Crippen LogP contribution is -2.32. The van der Waals surface area contributed by atoms with E-state index < -0.39 is 0 Å². The molecule has 0 aliphatic rings. The summed E-state index contributed by atoms with van der Waals surface area (Å²) in [4.78, 5) is 14.2. The van der Waals surface area contributed by atoms with E-state index in [4.69, 9.17) is 16.3 Å². The van der Waals surface area contributed by atoms with Crippen LogP contribution < -0.4 is 4.74 Å². The van der Waals surface area contributed by atoms with E-state index in [0.717, 1.165) is 19.4 Å². The fourth-order valence-electron chi connectivity index (χ4n) is 1.77. The van der Waals surface area contributed by atoms with Crippen molar-refractivity contribution in [1.82, 2.24) is 4.90 Å². The molecule has 18 heavy (non-hydrogen) atoms. The number of ether oxygens (including phenoxy) is 1. The molecule has 0 aliphatic carbocycles. The highest BCUT2D eigenvalue weighted by atomic mass is 35.5. The minimum Gasteiger partial charge on any atom is -0.496 e. The first-order valence-corrected chi connectivity index (χ1v) is 6.64. The number of rotatable bonds is 6. The molecule has 4 heteroatoms. The second kappa shape index (κ2) is 7.27. The second-order valence-electron chi connectivity index (χ2n) is 4.08. The molecule has 1 aromatic carbocycles. The van der Waals surface area contributed by atoms with Crippen molar-refractivity contribution in [2.24, 2.45) is 0 Å². The van der Waals surface area contributed by atoms with Crippen LogP contribution in [0.15, 0.2) is 18.2 Å². The van der Waals surface area contributed by atoms with Gasteiger partial charge in [0.05, 0.1) is 12.7 Å². The van der Waals surface area contributed by atoms with Crippen molar-refractivity contribution in [2.45, 2.75) is 26.7 Å². The number of amides is 1. The molecule has 1 amide bonds. The van der Waals surface area contributed by atoms with Crippen LogP contribution in [0.25, 0.3) is 0 Å². The predicted molar refractivity (Wildman–Crippen MR) is 74.5 cm³/mol. The van der Waals surface area contributed by atoms with Gasteiger partial charge in [0.15, 0.2) is 0 Å². The summed E-state index contributed by atoms with van der Waals surface area (Å²) in [6.07, 6.45) is 2.07. The van der Waals surface area contributed by atoms with Gasteiger partial charge < -0.3 is 9.64 Å². The number of methoxy groups -OCH3 is 1. The highest BCUT2D eigenvalue weighted by Crippen LogP contribution is 2.24. The number of halogens is 1. The first-order valence-electron chi connectivity index (χ1n) is 6.26. The van der Waals surface area contributed by atoms with Crippen LogP contribution in [0.5, 0.6) is 5.75 Å². The van der Waals surface area contributed by atoms with Gasteiger partial charge in [-0.15, -0.1) is 0 Å². The summed E-state index contributed by atoms with van der Waals surface area (Å²) in [5.41, 5.74) is 0.531. The number of hydrogen-bond acceptors (Lipinski definition) is 2. The number of carbonyl (C=O) groups excluding carboxylic acids is 1. The van der Waals surface area contributed by atoms with E-state index in [1.54, 1.807) is 25.3 Å². The summed E-state index contributed by atoms with van der Waals surface area (Å²) < 4.78 is 5.21. The molecule has 0 spiro atoms. The van der Waals surface area contributed by atoms with Crippen molar-refractivity contribution in [3.63, 3.8) is 0 Å². The van der Waals surface area contributed by atoms with E-state index in [2.05, 4.69) is 6.92 Å². The van der Waals surface area contributed by atoms with E-state index in [0.29, 0.717) is 22.9 Å². The maximum atomic E-state index is 12.4. The summed E-state index contributed by atoms with van der Waals surface area (Å²) in [7, 11) is 1.56. The lowest BCUT2D eigenvalue weighted by atomic mass is 10.1. The molecule has 1 aromatic rings. The molecule has 0 atom stereocenters. The maximum Gasteiger partial charge on any atom is 0.257 e. The molecule has 0 aromatic heterocycles. The van der Waals surface area contributed by atoms with Gasteiger partial charge in [-0.05, 0) is 31.5 Å². The summed E-state index contributed by atoms with van der Waals surface area (Å²) in [6, 6.07) is 5.11. The molecule has 0 saturated heterocycles. The predicted octanol–water partition coefficient (Wildman–Crippen LogP) is 3.61. The molecule has 0 fully saturated rings. The third kappa shape index (κ3) is 3.64. The van der Waals surface area contributed by atoms with Crippen molar-refractivity contribution in [2.75, 3.05) is 20.2 Å². The van der Waals surface area contributed by atoms with Gasteiger partial charge in [-0.1, -0.05) is 24.9 Å². The van der Waals surface area contributed by atoms with Crippen molar-refractivity contribution in [3.8, 4) is 5.75 Å². The largest absolute Gasteiger partial charge is 0.496 e. The van der Waals surface area contributed by atoms with Crippen molar-refractivity contribution < 1.29 is 9.53 Å².